The third kappa shape index (κ3) is 6.65. The molecular weight excluding hydrogens is 430 g/mol. The number of carbonyl (C=O) groups excluding carboxylic acids is 1. The van der Waals surface area contributed by atoms with Crippen molar-refractivity contribution in [3.8, 4) is 34.7 Å². The third-order valence-corrected chi connectivity index (χ3v) is 5.13. The van der Waals surface area contributed by atoms with Gasteiger partial charge in [0, 0.05) is 25.2 Å². The number of phenols is 1. The Labute approximate surface area is 201 Å². The molecule has 0 fully saturated rings. The van der Waals surface area contributed by atoms with Crippen LogP contribution in [-0.2, 0) is 17.6 Å². The summed E-state index contributed by atoms with van der Waals surface area (Å²) in [6.07, 6.45) is 3.28. The minimum absolute atomic E-state index is 0.0585. The number of phenolic OH excluding ortho intramolecular Hbond substituents is 1. The van der Waals surface area contributed by atoms with E-state index in [1.807, 2.05) is 51.0 Å². The standard InChI is InChI=1S/C18H13N3O2.C6H14N2O.C2H6/c19-10-13-9-12(7-8-16(13)22)18-20-17(21-23-18)15-6-2-4-11-3-1-5-14(11)15;1-7(2)5-6(9)8(3)4;1-2/h2,4,6-9,22H,1,3,5H2;5H2,1-4H3;1-2H3. The van der Waals surface area contributed by atoms with Gasteiger partial charge >= 0.3 is 0 Å². The van der Waals surface area contributed by atoms with Gasteiger partial charge in [-0.15, -0.1) is 0 Å². The van der Waals surface area contributed by atoms with Crippen LogP contribution in [0.3, 0.4) is 0 Å². The molecule has 1 aliphatic rings. The van der Waals surface area contributed by atoms with Crippen LogP contribution in [0.5, 0.6) is 5.75 Å². The fourth-order valence-electron chi connectivity index (χ4n) is 3.45. The number of aromatic hydroxyl groups is 1. The number of hydrogen-bond acceptors (Lipinski definition) is 7. The second kappa shape index (κ2) is 12.5. The molecule has 3 aromatic rings. The first-order chi connectivity index (χ1) is 16.3. The Kier molecular flexibility index (Phi) is 9.77. The van der Waals surface area contributed by atoms with E-state index in [-0.39, 0.29) is 17.2 Å². The van der Waals surface area contributed by atoms with E-state index in [0.717, 1.165) is 24.8 Å². The van der Waals surface area contributed by atoms with Crippen LogP contribution in [0.2, 0.25) is 0 Å². The number of hydrogen-bond donors (Lipinski definition) is 1. The maximum absolute atomic E-state index is 10.8. The smallest absolute Gasteiger partial charge is 0.258 e. The van der Waals surface area contributed by atoms with Crippen molar-refractivity contribution < 1.29 is 14.4 Å². The second-order valence-corrected chi connectivity index (χ2v) is 8.09. The number of likely N-dealkylation sites (N-methyl/N-ethyl adjacent to an activating group) is 2. The first-order valence-corrected chi connectivity index (χ1v) is 11.3. The lowest BCUT2D eigenvalue weighted by Gasteiger charge is -2.13. The lowest BCUT2D eigenvalue weighted by atomic mass is 10.0. The largest absolute Gasteiger partial charge is 0.507 e. The molecule has 0 bridgehead atoms. The van der Waals surface area contributed by atoms with Crippen molar-refractivity contribution >= 4 is 5.91 Å². The van der Waals surface area contributed by atoms with E-state index in [4.69, 9.17) is 9.78 Å². The Morgan fingerprint density at radius 3 is 2.50 bits per heavy atom. The zero-order valence-corrected chi connectivity index (χ0v) is 20.8. The van der Waals surface area contributed by atoms with E-state index in [9.17, 15) is 9.90 Å². The highest BCUT2D eigenvalue weighted by Crippen LogP contribution is 2.32. The summed E-state index contributed by atoms with van der Waals surface area (Å²) in [4.78, 5) is 18.7. The molecule has 0 aliphatic heterocycles. The summed E-state index contributed by atoms with van der Waals surface area (Å²) in [5, 5.41) is 22.7. The van der Waals surface area contributed by atoms with Crippen molar-refractivity contribution in [3.63, 3.8) is 0 Å². The summed E-state index contributed by atoms with van der Waals surface area (Å²) < 4.78 is 5.35. The van der Waals surface area contributed by atoms with Gasteiger partial charge in [0.05, 0.1) is 12.1 Å². The number of benzene rings is 2. The number of rotatable bonds is 4. The van der Waals surface area contributed by atoms with Crippen LogP contribution in [-0.4, -0.2) is 65.7 Å². The van der Waals surface area contributed by atoms with Gasteiger partial charge in [-0.2, -0.15) is 10.2 Å². The Balaban J connectivity index is 0.000000317. The number of aromatic nitrogens is 2. The highest BCUT2D eigenvalue weighted by Gasteiger charge is 2.19. The van der Waals surface area contributed by atoms with Gasteiger partial charge in [0.2, 0.25) is 11.7 Å². The van der Waals surface area contributed by atoms with Gasteiger partial charge in [-0.25, -0.2) is 0 Å². The minimum Gasteiger partial charge on any atom is -0.507 e. The fraction of sp³-hybridized carbons (Fsp3) is 0.385. The number of nitrogens with zero attached hydrogens (tertiary/aromatic N) is 5. The molecule has 0 radical (unpaired) electrons. The summed E-state index contributed by atoms with van der Waals surface area (Å²) in [5.41, 5.74) is 4.45. The molecule has 34 heavy (non-hydrogen) atoms. The summed E-state index contributed by atoms with van der Waals surface area (Å²) >= 11 is 0. The molecule has 4 rings (SSSR count). The van der Waals surface area contributed by atoms with E-state index in [1.54, 1.807) is 31.1 Å². The summed E-state index contributed by atoms with van der Waals surface area (Å²) in [7, 11) is 7.26. The molecule has 0 unspecified atom stereocenters. The van der Waals surface area contributed by atoms with Crippen LogP contribution in [0, 0.1) is 11.3 Å². The van der Waals surface area contributed by atoms with Crippen molar-refractivity contribution in [2.75, 3.05) is 34.7 Å². The third-order valence-electron chi connectivity index (χ3n) is 5.13. The van der Waals surface area contributed by atoms with Crippen molar-refractivity contribution in [3.05, 3.63) is 53.1 Å². The molecule has 1 N–H and O–H groups in total. The number of fused-ring (bicyclic) bond motifs is 1. The fourth-order valence-corrected chi connectivity index (χ4v) is 3.45. The highest BCUT2D eigenvalue weighted by molar-refractivity contribution is 5.77. The van der Waals surface area contributed by atoms with Gasteiger partial charge in [-0.1, -0.05) is 37.2 Å². The Hall–Kier alpha value is -3.70. The first kappa shape index (κ1) is 26.6. The van der Waals surface area contributed by atoms with Crippen molar-refractivity contribution in [2.24, 2.45) is 0 Å². The molecule has 1 amide bonds. The van der Waals surface area contributed by atoms with Crippen LogP contribution in [0.4, 0.5) is 0 Å². The van der Waals surface area contributed by atoms with Gasteiger partial charge in [0.15, 0.2) is 0 Å². The maximum Gasteiger partial charge on any atom is 0.258 e. The van der Waals surface area contributed by atoms with E-state index in [2.05, 4.69) is 16.2 Å². The molecule has 0 saturated carbocycles. The second-order valence-electron chi connectivity index (χ2n) is 8.09. The normalized spacial score (nSPS) is 11.5. The van der Waals surface area contributed by atoms with Crippen LogP contribution in [0.15, 0.2) is 40.9 Å². The minimum atomic E-state index is -0.0585. The maximum atomic E-state index is 10.8. The predicted octanol–water partition coefficient (Wildman–Crippen LogP) is 4.13. The zero-order valence-electron chi connectivity index (χ0n) is 20.8. The van der Waals surface area contributed by atoms with Crippen molar-refractivity contribution in [1.29, 1.82) is 5.26 Å². The van der Waals surface area contributed by atoms with Crippen LogP contribution in [0.1, 0.15) is 37.0 Å². The van der Waals surface area contributed by atoms with Crippen LogP contribution in [0.25, 0.3) is 22.8 Å². The highest BCUT2D eigenvalue weighted by atomic mass is 16.5. The number of amides is 1. The molecule has 1 aromatic heterocycles. The number of carbonyl (C=O) groups is 1. The lowest BCUT2D eigenvalue weighted by molar-refractivity contribution is -0.129. The van der Waals surface area contributed by atoms with Gasteiger partial charge in [0.25, 0.3) is 5.89 Å². The van der Waals surface area contributed by atoms with Crippen LogP contribution < -0.4 is 0 Å². The summed E-state index contributed by atoms with van der Waals surface area (Å²) in [5.74, 6) is 0.981. The van der Waals surface area contributed by atoms with Crippen LogP contribution >= 0.6 is 0 Å². The number of aryl methyl sites for hydroxylation is 1. The number of nitriles is 1. The Morgan fingerprint density at radius 1 is 1.15 bits per heavy atom. The van der Waals surface area contributed by atoms with Gasteiger partial charge in [0.1, 0.15) is 11.8 Å². The Morgan fingerprint density at radius 2 is 1.88 bits per heavy atom. The molecule has 0 spiro atoms. The Bertz CT molecular complexity index is 1150. The quantitative estimate of drug-likeness (QED) is 0.620. The molecule has 8 nitrogen and oxygen atoms in total. The van der Waals surface area contributed by atoms with Gasteiger partial charge in [-0.3, -0.25) is 4.79 Å². The zero-order chi connectivity index (χ0) is 25.3. The van der Waals surface area contributed by atoms with E-state index in [1.165, 1.54) is 17.2 Å². The van der Waals surface area contributed by atoms with Gasteiger partial charge in [-0.05, 0) is 62.7 Å². The van der Waals surface area contributed by atoms with Crippen molar-refractivity contribution in [2.45, 2.75) is 33.1 Å². The molecule has 180 valence electrons. The molecule has 8 heteroatoms. The molecular formula is C26H33N5O3. The first-order valence-electron chi connectivity index (χ1n) is 11.3. The monoisotopic (exact) mass is 463 g/mol. The van der Waals surface area contributed by atoms with Crippen molar-refractivity contribution in [1.82, 2.24) is 19.9 Å². The van der Waals surface area contributed by atoms with E-state index < -0.39 is 0 Å². The lowest BCUT2D eigenvalue weighted by Crippen LogP contribution is -2.32. The van der Waals surface area contributed by atoms with E-state index >= 15 is 0 Å². The molecule has 1 aliphatic carbocycles. The molecule has 0 atom stereocenters. The summed E-state index contributed by atoms with van der Waals surface area (Å²) in [6, 6.07) is 12.8. The molecule has 1 heterocycles. The average molecular weight is 464 g/mol. The molecule has 2 aromatic carbocycles. The topological polar surface area (TPSA) is 106 Å². The predicted molar refractivity (Wildman–Crippen MR) is 132 cm³/mol. The van der Waals surface area contributed by atoms with Gasteiger partial charge < -0.3 is 19.4 Å². The SMILES string of the molecule is CC.CN(C)CC(=O)N(C)C.N#Cc1cc(-c2nc(-c3cccc4c3CCC4)no2)ccc1O. The van der Waals surface area contributed by atoms with E-state index in [0.29, 0.717) is 23.8 Å². The molecule has 0 saturated heterocycles. The average Bonchev–Trinajstić information content (AvgIpc) is 3.50. The summed E-state index contributed by atoms with van der Waals surface area (Å²) in [6.45, 7) is 4.49.